The van der Waals surface area contributed by atoms with Crippen LogP contribution in [0.15, 0.2) is 69.2 Å². The SMILES string of the molecule is CC(=O)[C@@H](N=Nc1ccc(S(=O)(=O)Nc2nncs2)cc1)C(=O)Nc1ccc(Cl)cc1. The fourth-order valence-electron chi connectivity index (χ4n) is 2.27. The molecule has 3 aromatic rings. The fourth-order valence-corrected chi connectivity index (χ4v) is 4.09. The Morgan fingerprint density at radius 3 is 2.35 bits per heavy atom. The van der Waals surface area contributed by atoms with E-state index in [1.54, 1.807) is 24.3 Å². The van der Waals surface area contributed by atoms with Crippen LogP contribution < -0.4 is 10.0 Å². The molecule has 31 heavy (non-hydrogen) atoms. The number of hydrogen-bond acceptors (Lipinski definition) is 9. The molecule has 0 saturated carbocycles. The second-order valence-corrected chi connectivity index (χ2v) is 9.02. The topological polar surface area (TPSA) is 143 Å². The minimum absolute atomic E-state index is 0.0229. The third-order valence-electron chi connectivity index (χ3n) is 3.76. The molecule has 0 radical (unpaired) electrons. The van der Waals surface area contributed by atoms with Gasteiger partial charge < -0.3 is 5.32 Å². The summed E-state index contributed by atoms with van der Waals surface area (Å²) in [6.45, 7) is 1.22. The molecule has 1 heterocycles. The number of carbonyl (C=O) groups excluding carboxylic acids is 2. The zero-order valence-electron chi connectivity index (χ0n) is 15.9. The summed E-state index contributed by atoms with van der Waals surface area (Å²) in [5, 5.41) is 18.1. The Morgan fingerprint density at radius 1 is 1.10 bits per heavy atom. The van der Waals surface area contributed by atoms with Gasteiger partial charge in [0.15, 0.2) is 5.78 Å². The Morgan fingerprint density at radius 2 is 1.77 bits per heavy atom. The molecule has 1 amide bonds. The summed E-state index contributed by atoms with van der Waals surface area (Å²) < 4.78 is 26.9. The number of nitrogens with zero attached hydrogens (tertiary/aromatic N) is 4. The maximum atomic E-state index is 12.4. The molecule has 0 aliphatic rings. The van der Waals surface area contributed by atoms with Crippen molar-refractivity contribution in [2.45, 2.75) is 17.9 Å². The van der Waals surface area contributed by atoms with Crippen LogP contribution in [0.1, 0.15) is 6.92 Å². The lowest BCUT2D eigenvalue weighted by Crippen LogP contribution is -2.31. The number of ketones is 1. The van der Waals surface area contributed by atoms with E-state index in [0.717, 1.165) is 11.3 Å². The summed E-state index contributed by atoms with van der Waals surface area (Å²) in [5.41, 5.74) is 2.12. The highest BCUT2D eigenvalue weighted by molar-refractivity contribution is 7.93. The van der Waals surface area contributed by atoms with Crippen molar-refractivity contribution in [3.8, 4) is 0 Å². The first kappa shape index (κ1) is 22.5. The van der Waals surface area contributed by atoms with Crippen LogP contribution in [-0.2, 0) is 19.6 Å². The minimum Gasteiger partial charge on any atom is -0.324 e. The van der Waals surface area contributed by atoms with Gasteiger partial charge in [-0.15, -0.1) is 10.2 Å². The molecular formula is C18H15ClN6O4S2. The number of rotatable bonds is 8. The molecule has 0 unspecified atom stereocenters. The molecule has 1 atom stereocenters. The molecule has 13 heteroatoms. The van der Waals surface area contributed by atoms with E-state index in [4.69, 9.17) is 11.6 Å². The smallest absolute Gasteiger partial charge is 0.263 e. The average molecular weight is 479 g/mol. The van der Waals surface area contributed by atoms with Crippen LogP contribution in [0, 0.1) is 0 Å². The Balaban J connectivity index is 1.70. The van der Waals surface area contributed by atoms with Crippen molar-refractivity contribution in [2.24, 2.45) is 10.2 Å². The van der Waals surface area contributed by atoms with Crippen molar-refractivity contribution in [1.82, 2.24) is 10.2 Å². The molecule has 0 bridgehead atoms. The summed E-state index contributed by atoms with van der Waals surface area (Å²) >= 11 is 6.85. The van der Waals surface area contributed by atoms with E-state index in [2.05, 4.69) is 30.5 Å². The minimum atomic E-state index is -3.84. The third-order valence-corrected chi connectivity index (χ3v) is 6.11. The zero-order valence-corrected chi connectivity index (χ0v) is 18.3. The van der Waals surface area contributed by atoms with E-state index in [1.165, 1.54) is 36.7 Å². The van der Waals surface area contributed by atoms with Crippen LogP contribution in [-0.4, -0.2) is 36.3 Å². The Kier molecular flexibility index (Phi) is 7.05. The van der Waals surface area contributed by atoms with Gasteiger partial charge in [0.05, 0.1) is 10.6 Å². The van der Waals surface area contributed by atoms with Crippen LogP contribution in [0.2, 0.25) is 5.02 Å². The predicted molar refractivity (Wildman–Crippen MR) is 116 cm³/mol. The maximum absolute atomic E-state index is 12.4. The van der Waals surface area contributed by atoms with Crippen molar-refractivity contribution in [2.75, 3.05) is 10.0 Å². The number of amides is 1. The van der Waals surface area contributed by atoms with Crippen molar-refractivity contribution >= 4 is 61.2 Å². The fraction of sp³-hybridized carbons (Fsp3) is 0.111. The number of Topliss-reactive ketones (excluding diaryl/α,β-unsaturated/α-hetero) is 1. The van der Waals surface area contributed by atoms with Crippen molar-refractivity contribution in [3.63, 3.8) is 0 Å². The van der Waals surface area contributed by atoms with Gasteiger partial charge in [0, 0.05) is 10.7 Å². The first-order valence-electron chi connectivity index (χ1n) is 8.61. The van der Waals surface area contributed by atoms with Gasteiger partial charge in [-0.1, -0.05) is 22.9 Å². The number of benzene rings is 2. The monoisotopic (exact) mass is 478 g/mol. The van der Waals surface area contributed by atoms with Crippen LogP contribution in [0.4, 0.5) is 16.5 Å². The Bertz CT molecular complexity index is 1200. The molecule has 2 aromatic carbocycles. The molecule has 0 fully saturated rings. The standard InChI is InChI=1S/C18H15ClN6O4S2/c1-11(26)16(17(27)21-13-4-2-12(19)3-5-13)23-22-14-6-8-15(9-7-14)31(28,29)25-18-24-20-10-30-18/h2-10,16H,1H3,(H,21,27)(H,24,25)/t16-/m1/s1. The van der Waals surface area contributed by atoms with Gasteiger partial charge in [0.25, 0.3) is 15.9 Å². The number of halogens is 1. The van der Waals surface area contributed by atoms with E-state index in [-0.39, 0.29) is 15.7 Å². The molecule has 0 aliphatic carbocycles. The first-order valence-corrected chi connectivity index (χ1v) is 11.4. The molecule has 2 N–H and O–H groups in total. The third kappa shape index (κ3) is 6.13. The second-order valence-electron chi connectivity index (χ2n) is 6.07. The molecule has 160 valence electrons. The van der Waals surface area contributed by atoms with Gasteiger partial charge in [0.2, 0.25) is 11.2 Å². The van der Waals surface area contributed by atoms with Crippen molar-refractivity contribution < 1.29 is 18.0 Å². The maximum Gasteiger partial charge on any atom is 0.263 e. The normalized spacial score (nSPS) is 12.5. The van der Waals surface area contributed by atoms with Gasteiger partial charge >= 0.3 is 0 Å². The number of sulfonamides is 1. The van der Waals surface area contributed by atoms with E-state index in [1.807, 2.05) is 0 Å². The van der Waals surface area contributed by atoms with Gasteiger partial charge in [0.1, 0.15) is 5.51 Å². The van der Waals surface area contributed by atoms with Crippen LogP contribution in [0.3, 0.4) is 0 Å². The Labute approximate surface area is 186 Å². The highest BCUT2D eigenvalue weighted by Crippen LogP contribution is 2.21. The largest absolute Gasteiger partial charge is 0.324 e. The number of carbonyl (C=O) groups is 2. The number of aromatic nitrogens is 2. The van der Waals surface area contributed by atoms with Crippen molar-refractivity contribution in [1.29, 1.82) is 0 Å². The van der Waals surface area contributed by atoms with Crippen LogP contribution in [0.25, 0.3) is 0 Å². The molecule has 3 rings (SSSR count). The second kappa shape index (κ2) is 9.73. The van der Waals surface area contributed by atoms with Gasteiger partial charge in [-0.2, -0.15) is 10.2 Å². The summed E-state index contributed by atoms with van der Waals surface area (Å²) in [6.07, 6.45) is 0. The quantitative estimate of drug-likeness (QED) is 0.373. The molecule has 0 saturated heterocycles. The number of anilines is 2. The Hall–Kier alpha value is -3.22. The summed E-state index contributed by atoms with van der Waals surface area (Å²) in [6, 6.07) is 10.4. The summed E-state index contributed by atoms with van der Waals surface area (Å²) in [5.74, 6) is -1.16. The van der Waals surface area contributed by atoms with Gasteiger partial charge in [-0.25, -0.2) is 8.42 Å². The van der Waals surface area contributed by atoms with E-state index < -0.39 is 27.8 Å². The lowest BCUT2D eigenvalue weighted by Gasteiger charge is -2.09. The average Bonchev–Trinajstić information content (AvgIpc) is 3.22. The summed E-state index contributed by atoms with van der Waals surface area (Å²) in [4.78, 5) is 24.2. The predicted octanol–water partition coefficient (Wildman–Crippen LogP) is 3.67. The van der Waals surface area contributed by atoms with Gasteiger partial charge in [-0.05, 0) is 55.5 Å². The molecule has 0 aliphatic heterocycles. The lowest BCUT2D eigenvalue weighted by atomic mass is 10.2. The van der Waals surface area contributed by atoms with E-state index >= 15 is 0 Å². The molecule has 1 aromatic heterocycles. The van der Waals surface area contributed by atoms with Gasteiger partial charge in [-0.3, -0.25) is 14.3 Å². The van der Waals surface area contributed by atoms with Crippen molar-refractivity contribution in [3.05, 3.63) is 59.1 Å². The zero-order chi connectivity index (χ0) is 22.4. The lowest BCUT2D eigenvalue weighted by molar-refractivity contribution is -0.126. The van der Waals surface area contributed by atoms with Crippen LogP contribution in [0.5, 0.6) is 0 Å². The van der Waals surface area contributed by atoms with E-state index in [9.17, 15) is 18.0 Å². The summed E-state index contributed by atoms with van der Waals surface area (Å²) in [7, 11) is -3.84. The van der Waals surface area contributed by atoms with Crippen LogP contribution >= 0.6 is 22.9 Å². The first-order chi connectivity index (χ1) is 14.7. The number of azo groups is 1. The number of hydrogen-bond donors (Lipinski definition) is 2. The highest BCUT2D eigenvalue weighted by atomic mass is 35.5. The molecule has 10 nitrogen and oxygen atoms in total. The highest BCUT2D eigenvalue weighted by Gasteiger charge is 2.23. The van der Waals surface area contributed by atoms with E-state index in [0.29, 0.717) is 10.7 Å². The molecular weight excluding hydrogens is 464 g/mol. The number of nitrogens with one attached hydrogen (secondary N) is 2. The molecule has 0 spiro atoms.